The molecule has 1 aromatic heterocycles. The van der Waals surface area contributed by atoms with E-state index in [1.54, 1.807) is 25.4 Å². The summed E-state index contributed by atoms with van der Waals surface area (Å²) in [5, 5.41) is 9.45. The minimum Gasteiger partial charge on any atom is -0.493 e. The molecule has 0 aliphatic heterocycles. The zero-order valence-corrected chi connectivity index (χ0v) is 12.6. The van der Waals surface area contributed by atoms with Gasteiger partial charge < -0.3 is 9.84 Å². The Morgan fingerprint density at radius 1 is 1.36 bits per heavy atom. The topological polar surface area (TPSA) is 59.4 Å². The van der Waals surface area contributed by atoms with Crippen LogP contribution in [0.2, 0.25) is 0 Å². The molecule has 2 aromatic rings. The fourth-order valence-corrected chi connectivity index (χ4v) is 2.41. The van der Waals surface area contributed by atoms with Crippen molar-refractivity contribution in [2.24, 2.45) is 5.92 Å². The lowest BCUT2D eigenvalue weighted by Gasteiger charge is -2.13. The van der Waals surface area contributed by atoms with Crippen molar-refractivity contribution in [1.29, 1.82) is 0 Å². The number of nitrogens with zero attached hydrogens (tertiary/aromatic N) is 1. The molecule has 1 saturated carbocycles. The summed E-state index contributed by atoms with van der Waals surface area (Å²) in [6.45, 7) is 2.15. The minimum absolute atomic E-state index is 0.0258. The van der Waals surface area contributed by atoms with Crippen LogP contribution in [0.3, 0.4) is 0 Å². The van der Waals surface area contributed by atoms with E-state index >= 15 is 0 Å². The summed E-state index contributed by atoms with van der Waals surface area (Å²) in [4.78, 5) is 16.0. The third kappa shape index (κ3) is 3.17. The van der Waals surface area contributed by atoms with Gasteiger partial charge in [0.15, 0.2) is 5.78 Å². The molecule has 1 aromatic carbocycles. The number of benzene rings is 1. The van der Waals surface area contributed by atoms with E-state index in [0.29, 0.717) is 23.8 Å². The van der Waals surface area contributed by atoms with Gasteiger partial charge in [-0.15, -0.1) is 0 Å². The quantitative estimate of drug-likeness (QED) is 0.832. The number of aromatic nitrogens is 1. The number of ketones is 1. The number of carbonyl (C=O) groups excluding carboxylic acids is 1. The highest BCUT2D eigenvalue weighted by molar-refractivity contribution is 5.98. The average molecular weight is 297 g/mol. The van der Waals surface area contributed by atoms with Crippen LogP contribution in [-0.2, 0) is 6.61 Å². The predicted octanol–water partition coefficient (Wildman–Crippen LogP) is 3.23. The van der Waals surface area contributed by atoms with Crippen LogP contribution < -0.4 is 4.74 Å². The molecular formula is C18H19NO3. The zero-order valence-electron chi connectivity index (χ0n) is 12.6. The number of aliphatic hydroxyl groups excluding tert-OH is 1. The van der Waals surface area contributed by atoms with Crippen LogP contribution >= 0.6 is 0 Å². The summed E-state index contributed by atoms with van der Waals surface area (Å²) in [5.41, 5.74) is 3.06. The SMILES string of the molecule is CC(=O)c1cc(-c2cnccc2CO)ccc1OCC1CC1. The molecule has 1 heterocycles. The predicted molar refractivity (Wildman–Crippen MR) is 83.8 cm³/mol. The van der Waals surface area contributed by atoms with Gasteiger partial charge in [0, 0.05) is 18.0 Å². The first kappa shape index (κ1) is 14.7. The molecule has 1 fully saturated rings. The van der Waals surface area contributed by atoms with Gasteiger partial charge in [-0.25, -0.2) is 0 Å². The molecule has 1 N–H and O–H groups in total. The molecule has 0 amide bonds. The molecule has 0 unspecified atom stereocenters. The van der Waals surface area contributed by atoms with Crippen molar-refractivity contribution in [2.45, 2.75) is 26.4 Å². The van der Waals surface area contributed by atoms with Gasteiger partial charge in [0.2, 0.25) is 0 Å². The number of rotatable bonds is 6. The lowest BCUT2D eigenvalue weighted by Crippen LogP contribution is -2.04. The molecule has 114 valence electrons. The third-order valence-corrected chi connectivity index (χ3v) is 3.92. The van der Waals surface area contributed by atoms with Gasteiger partial charge in [-0.05, 0) is 55.0 Å². The van der Waals surface area contributed by atoms with Gasteiger partial charge >= 0.3 is 0 Å². The first-order valence-corrected chi connectivity index (χ1v) is 7.51. The molecule has 1 aliphatic carbocycles. The normalized spacial score (nSPS) is 13.9. The molecule has 1 aliphatic rings. The summed E-state index contributed by atoms with van der Waals surface area (Å²) in [6, 6.07) is 7.34. The van der Waals surface area contributed by atoms with Crippen molar-refractivity contribution < 1.29 is 14.6 Å². The molecule has 0 spiro atoms. The maximum absolute atomic E-state index is 11.9. The second-order valence-corrected chi connectivity index (χ2v) is 5.71. The Kier molecular flexibility index (Phi) is 4.20. The van der Waals surface area contributed by atoms with Crippen LogP contribution in [0.15, 0.2) is 36.7 Å². The van der Waals surface area contributed by atoms with Crippen LogP contribution in [0.1, 0.15) is 35.7 Å². The van der Waals surface area contributed by atoms with Gasteiger partial charge in [0.05, 0.1) is 18.8 Å². The van der Waals surface area contributed by atoms with Gasteiger partial charge in [-0.3, -0.25) is 9.78 Å². The van der Waals surface area contributed by atoms with E-state index in [0.717, 1.165) is 16.7 Å². The van der Waals surface area contributed by atoms with Gasteiger partial charge in [-0.2, -0.15) is 0 Å². The molecule has 22 heavy (non-hydrogen) atoms. The second kappa shape index (κ2) is 6.28. The van der Waals surface area contributed by atoms with Crippen LogP contribution in [0.4, 0.5) is 0 Å². The Morgan fingerprint density at radius 2 is 2.18 bits per heavy atom. The first-order valence-electron chi connectivity index (χ1n) is 7.51. The Morgan fingerprint density at radius 3 is 2.86 bits per heavy atom. The summed E-state index contributed by atoms with van der Waals surface area (Å²) in [5.74, 6) is 1.25. The Labute approximate surface area is 129 Å². The van der Waals surface area contributed by atoms with Crippen LogP contribution in [0.5, 0.6) is 5.75 Å². The van der Waals surface area contributed by atoms with Gasteiger partial charge in [0.25, 0.3) is 0 Å². The summed E-state index contributed by atoms with van der Waals surface area (Å²) in [6.07, 6.45) is 5.77. The molecule has 3 rings (SSSR count). The Bertz CT molecular complexity index is 692. The van der Waals surface area contributed by atoms with Crippen molar-refractivity contribution >= 4 is 5.78 Å². The van der Waals surface area contributed by atoms with E-state index < -0.39 is 0 Å². The summed E-state index contributed by atoms with van der Waals surface area (Å²) in [7, 11) is 0. The van der Waals surface area contributed by atoms with E-state index in [1.165, 1.54) is 12.8 Å². The van der Waals surface area contributed by atoms with E-state index in [-0.39, 0.29) is 12.4 Å². The standard InChI is InChI=1S/C18H19NO3/c1-12(21)16-8-14(17-9-19-7-6-15(17)10-20)4-5-18(16)22-11-13-2-3-13/h4-9,13,20H,2-3,10-11H2,1H3. The van der Waals surface area contributed by atoms with Crippen LogP contribution in [0, 0.1) is 5.92 Å². The fraction of sp³-hybridized carbons (Fsp3) is 0.333. The van der Waals surface area contributed by atoms with E-state index in [2.05, 4.69) is 4.98 Å². The van der Waals surface area contributed by atoms with Crippen LogP contribution in [0.25, 0.3) is 11.1 Å². The van der Waals surface area contributed by atoms with Gasteiger partial charge in [0.1, 0.15) is 5.75 Å². The number of Topliss-reactive ketones (excluding diaryl/α,β-unsaturated/α-hetero) is 1. The largest absolute Gasteiger partial charge is 0.493 e. The molecule has 0 bridgehead atoms. The molecule has 4 nitrogen and oxygen atoms in total. The van der Waals surface area contributed by atoms with Crippen molar-refractivity contribution in [3.05, 3.63) is 47.8 Å². The van der Waals surface area contributed by atoms with Crippen molar-refractivity contribution in [3.8, 4) is 16.9 Å². The number of carbonyl (C=O) groups is 1. The highest BCUT2D eigenvalue weighted by atomic mass is 16.5. The summed E-state index contributed by atoms with van der Waals surface area (Å²) >= 11 is 0. The molecule has 0 atom stereocenters. The highest BCUT2D eigenvalue weighted by Gasteiger charge is 2.23. The summed E-state index contributed by atoms with van der Waals surface area (Å²) < 4.78 is 5.78. The maximum Gasteiger partial charge on any atom is 0.163 e. The first-order chi connectivity index (χ1) is 10.7. The molecular weight excluding hydrogens is 278 g/mol. The van der Waals surface area contributed by atoms with Gasteiger partial charge in [-0.1, -0.05) is 6.07 Å². The second-order valence-electron chi connectivity index (χ2n) is 5.71. The lowest BCUT2D eigenvalue weighted by atomic mass is 9.98. The average Bonchev–Trinajstić information content (AvgIpc) is 3.37. The molecule has 4 heteroatoms. The number of pyridine rings is 1. The van der Waals surface area contributed by atoms with Crippen molar-refractivity contribution in [2.75, 3.05) is 6.61 Å². The Hall–Kier alpha value is -2.20. The smallest absolute Gasteiger partial charge is 0.163 e. The number of hydrogen-bond donors (Lipinski definition) is 1. The fourth-order valence-electron chi connectivity index (χ4n) is 2.41. The van der Waals surface area contributed by atoms with E-state index in [9.17, 15) is 9.90 Å². The monoisotopic (exact) mass is 297 g/mol. The third-order valence-electron chi connectivity index (χ3n) is 3.92. The highest BCUT2D eigenvalue weighted by Crippen LogP contribution is 2.32. The number of hydrogen-bond acceptors (Lipinski definition) is 4. The minimum atomic E-state index is -0.0623. The van der Waals surface area contributed by atoms with Crippen LogP contribution in [-0.4, -0.2) is 22.5 Å². The maximum atomic E-state index is 11.9. The number of ether oxygens (including phenoxy) is 1. The molecule has 0 radical (unpaired) electrons. The molecule has 0 saturated heterocycles. The van der Waals surface area contributed by atoms with Crippen molar-refractivity contribution in [3.63, 3.8) is 0 Å². The lowest BCUT2D eigenvalue weighted by molar-refractivity contribution is 0.101. The van der Waals surface area contributed by atoms with E-state index in [1.807, 2.05) is 18.2 Å². The zero-order chi connectivity index (χ0) is 15.5. The van der Waals surface area contributed by atoms with Crippen molar-refractivity contribution in [1.82, 2.24) is 4.98 Å². The number of aliphatic hydroxyl groups is 1. The van der Waals surface area contributed by atoms with E-state index in [4.69, 9.17) is 4.74 Å². The Balaban J connectivity index is 1.95.